The molecule has 1 aliphatic heterocycles. The summed E-state index contributed by atoms with van der Waals surface area (Å²) in [6, 6.07) is 10.6. The molecule has 0 bridgehead atoms. The van der Waals surface area contributed by atoms with Crippen LogP contribution in [0.4, 0.5) is 24.5 Å². The van der Waals surface area contributed by atoms with Crippen molar-refractivity contribution in [1.29, 1.82) is 0 Å². The number of carbonyl (C=O) groups excluding carboxylic acids is 1. The van der Waals surface area contributed by atoms with E-state index in [4.69, 9.17) is 0 Å². The fourth-order valence-corrected chi connectivity index (χ4v) is 3.57. The molecule has 1 N–H and O–H groups in total. The number of likely N-dealkylation sites (N-methyl/N-ethyl adjacent to an activating group) is 1. The summed E-state index contributed by atoms with van der Waals surface area (Å²) in [5, 5.41) is 2.77. The van der Waals surface area contributed by atoms with Crippen molar-refractivity contribution in [3.05, 3.63) is 65.2 Å². The number of carbonyl (C=O) groups is 1. The van der Waals surface area contributed by atoms with Crippen molar-refractivity contribution in [2.24, 2.45) is 0 Å². The minimum atomic E-state index is -4.41. The van der Waals surface area contributed by atoms with E-state index in [1.54, 1.807) is 0 Å². The van der Waals surface area contributed by atoms with Crippen LogP contribution in [-0.2, 0) is 11.0 Å². The van der Waals surface area contributed by atoms with Gasteiger partial charge in [0, 0.05) is 43.6 Å². The molecule has 3 rings (SSSR count). The van der Waals surface area contributed by atoms with Crippen LogP contribution in [0.1, 0.15) is 23.6 Å². The Morgan fingerprint density at radius 1 is 1.10 bits per heavy atom. The maximum absolute atomic E-state index is 12.8. The number of halogens is 3. The fourth-order valence-electron chi connectivity index (χ4n) is 3.57. The van der Waals surface area contributed by atoms with Crippen molar-refractivity contribution < 1.29 is 18.0 Å². The molecule has 7 heteroatoms. The highest BCUT2D eigenvalue weighted by molar-refractivity contribution is 6.02. The van der Waals surface area contributed by atoms with Crippen LogP contribution in [0.5, 0.6) is 0 Å². The van der Waals surface area contributed by atoms with E-state index < -0.39 is 17.6 Å². The second-order valence-electron chi connectivity index (χ2n) is 7.37. The molecule has 0 unspecified atom stereocenters. The van der Waals surface area contributed by atoms with Crippen molar-refractivity contribution in [1.82, 2.24) is 4.90 Å². The molecular weight excluding hydrogens is 391 g/mol. The van der Waals surface area contributed by atoms with Crippen molar-refractivity contribution >= 4 is 23.4 Å². The Bertz CT molecular complexity index is 916. The van der Waals surface area contributed by atoms with E-state index in [1.165, 1.54) is 24.3 Å². The Hall–Kier alpha value is -2.80. The van der Waals surface area contributed by atoms with Gasteiger partial charge in [0.05, 0.1) is 5.56 Å². The van der Waals surface area contributed by atoms with Crippen molar-refractivity contribution in [2.75, 3.05) is 42.9 Å². The zero-order chi connectivity index (χ0) is 21.7. The number of rotatable bonds is 5. The van der Waals surface area contributed by atoms with Crippen LogP contribution in [0, 0.1) is 6.92 Å². The quantitative estimate of drug-likeness (QED) is 0.710. The minimum absolute atomic E-state index is 0.317. The molecule has 0 saturated carbocycles. The number of anilines is 2. The van der Waals surface area contributed by atoms with Crippen LogP contribution >= 0.6 is 0 Å². The Labute approximate surface area is 175 Å². The number of piperazine rings is 1. The van der Waals surface area contributed by atoms with Gasteiger partial charge in [-0.05, 0) is 61.0 Å². The summed E-state index contributed by atoms with van der Waals surface area (Å²) < 4.78 is 38.4. The maximum Gasteiger partial charge on any atom is 0.416 e. The first-order chi connectivity index (χ1) is 14.3. The van der Waals surface area contributed by atoms with Crippen LogP contribution in [0.15, 0.2) is 48.5 Å². The van der Waals surface area contributed by atoms with Crippen LogP contribution < -0.4 is 10.2 Å². The number of benzene rings is 2. The zero-order valence-corrected chi connectivity index (χ0v) is 17.2. The van der Waals surface area contributed by atoms with Gasteiger partial charge in [0.2, 0.25) is 5.91 Å². The lowest BCUT2D eigenvalue weighted by molar-refractivity contribution is -0.137. The van der Waals surface area contributed by atoms with Crippen LogP contribution in [0.25, 0.3) is 6.08 Å². The molecule has 2 aromatic rings. The highest BCUT2D eigenvalue weighted by Gasteiger charge is 2.30. The third kappa shape index (κ3) is 5.63. The van der Waals surface area contributed by atoms with E-state index in [9.17, 15) is 18.0 Å². The standard InChI is InChI=1S/C23H26F3N3O/c1-3-28-11-13-29(14-12-28)21-9-8-20(15-17(21)2)27-22(30)10-7-18-5-4-6-19(16-18)23(24,25)26/h4-10,15-16H,3,11-14H2,1-2H3,(H,27,30)/b10-7+. The van der Waals surface area contributed by atoms with Gasteiger partial charge in [0.15, 0.2) is 0 Å². The molecule has 0 radical (unpaired) electrons. The summed E-state index contributed by atoms with van der Waals surface area (Å²) in [4.78, 5) is 17.0. The Morgan fingerprint density at radius 2 is 1.83 bits per heavy atom. The molecule has 1 amide bonds. The number of hydrogen-bond donors (Lipinski definition) is 1. The first-order valence-electron chi connectivity index (χ1n) is 10.0. The van der Waals surface area contributed by atoms with Gasteiger partial charge in [-0.2, -0.15) is 13.2 Å². The molecule has 0 aromatic heterocycles. The molecule has 0 spiro atoms. The number of aryl methyl sites for hydroxylation is 1. The monoisotopic (exact) mass is 417 g/mol. The van der Waals surface area contributed by atoms with E-state index in [-0.39, 0.29) is 0 Å². The zero-order valence-electron chi connectivity index (χ0n) is 17.2. The lowest BCUT2D eigenvalue weighted by Gasteiger charge is -2.36. The van der Waals surface area contributed by atoms with Gasteiger partial charge in [0.1, 0.15) is 0 Å². The van der Waals surface area contributed by atoms with Gasteiger partial charge >= 0.3 is 6.18 Å². The van der Waals surface area contributed by atoms with E-state index in [0.29, 0.717) is 11.3 Å². The molecule has 1 saturated heterocycles. The predicted molar refractivity (Wildman–Crippen MR) is 115 cm³/mol. The Balaban J connectivity index is 1.62. The fraction of sp³-hybridized carbons (Fsp3) is 0.348. The molecule has 0 atom stereocenters. The summed E-state index contributed by atoms with van der Waals surface area (Å²) in [7, 11) is 0. The minimum Gasteiger partial charge on any atom is -0.369 e. The summed E-state index contributed by atoms with van der Waals surface area (Å²) in [6.07, 6.45) is -1.80. The topological polar surface area (TPSA) is 35.6 Å². The first-order valence-corrected chi connectivity index (χ1v) is 10.0. The number of hydrogen-bond acceptors (Lipinski definition) is 3. The lowest BCUT2D eigenvalue weighted by atomic mass is 10.1. The highest BCUT2D eigenvalue weighted by atomic mass is 19.4. The molecule has 160 valence electrons. The second kappa shape index (κ2) is 9.34. The van der Waals surface area contributed by atoms with Gasteiger partial charge in [-0.15, -0.1) is 0 Å². The normalized spacial score (nSPS) is 15.6. The summed E-state index contributed by atoms with van der Waals surface area (Å²) >= 11 is 0. The van der Waals surface area contributed by atoms with Gasteiger partial charge in [-0.3, -0.25) is 4.79 Å². The van der Waals surface area contributed by atoms with Crippen LogP contribution in [0.3, 0.4) is 0 Å². The van der Waals surface area contributed by atoms with E-state index in [0.717, 1.165) is 56.1 Å². The molecule has 30 heavy (non-hydrogen) atoms. The van der Waals surface area contributed by atoms with Gasteiger partial charge in [0.25, 0.3) is 0 Å². The Morgan fingerprint density at radius 3 is 2.47 bits per heavy atom. The average molecular weight is 417 g/mol. The third-order valence-electron chi connectivity index (χ3n) is 5.27. The summed E-state index contributed by atoms with van der Waals surface area (Å²) in [5.41, 5.74) is 2.46. The number of nitrogens with zero attached hydrogens (tertiary/aromatic N) is 2. The van der Waals surface area contributed by atoms with Crippen molar-refractivity contribution in [3.63, 3.8) is 0 Å². The molecule has 1 fully saturated rings. The third-order valence-corrected chi connectivity index (χ3v) is 5.27. The SMILES string of the molecule is CCN1CCN(c2ccc(NC(=O)/C=C/c3cccc(C(F)(F)F)c3)cc2C)CC1. The molecule has 4 nitrogen and oxygen atoms in total. The number of alkyl halides is 3. The maximum atomic E-state index is 12.8. The van der Waals surface area contributed by atoms with E-state index in [1.807, 2.05) is 25.1 Å². The smallest absolute Gasteiger partial charge is 0.369 e. The van der Waals surface area contributed by atoms with Gasteiger partial charge in [-0.1, -0.05) is 19.1 Å². The van der Waals surface area contributed by atoms with Crippen molar-refractivity contribution in [3.8, 4) is 0 Å². The summed E-state index contributed by atoms with van der Waals surface area (Å²) in [6.45, 7) is 9.26. The molecule has 1 aliphatic rings. The Kier molecular flexibility index (Phi) is 6.82. The largest absolute Gasteiger partial charge is 0.416 e. The molecule has 2 aromatic carbocycles. The lowest BCUT2D eigenvalue weighted by Crippen LogP contribution is -2.46. The molecule has 1 heterocycles. The van der Waals surface area contributed by atoms with Crippen LogP contribution in [0.2, 0.25) is 0 Å². The molecule has 0 aliphatic carbocycles. The van der Waals surface area contributed by atoms with Gasteiger partial charge < -0.3 is 15.1 Å². The number of nitrogens with one attached hydrogen (secondary N) is 1. The van der Waals surface area contributed by atoms with Crippen molar-refractivity contribution in [2.45, 2.75) is 20.0 Å². The van der Waals surface area contributed by atoms with Crippen LogP contribution in [-0.4, -0.2) is 43.5 Å². The number of amides is 1. The highest BCUT2D eigenvalue weighted by Crippen LogP contribution is 2.30. The predicted octanol–water partition coefficient (Wildman–Crippen LogP) is 4.81. The second-order valence-corrected chi connectivity index (χ2v) is 7.37. The van der Waals surface area contributed by atoms with Gasteiger partial charge in [-0.25, -0.2) is 0 Å². The summed E-state index contributed by atoms with van der Waals surface area (Å²) in [5.74, 6) is -0.392. The average Bonchev–Trinajstić information content (AvgIpc) is 2.72. The first kappa shape index (κ1) is 21.9. The van der Waals surface area contributed by atoms with E-state index >= 15 is 0 Å². The molecular formula is C23H26F3N3O. The van der Waals surface area contributed by atoms with E-state index in [2.05, 4.69) is 22.0 Å².